The van der Waals surface area contributed by atoms with Crippen molar-refractivity contribution in [2.24, 2.45) is 0 Å². The number of piperidine rings is 1. The van der Waals surface area contributed by atoms with E-state index < -0.39 is 0 Å². The molecule has 1 saturated heterocycles. The molecule has 0 bridgehead atoms. The third kappa shape index (κ3) is 7.11. The van der Waals surface area contributed by atoms with Gasteiger partial charge in [0.05, 0.1) is 36.1 Å². The number of methoxy groups -OCH3 is 1. The summed E-state index contributed by atoms with van der Waals surface area (Å²) in [6.07, 6.45) is 7.79. The van der Waals surface area contributed by atoms with Crippen molar-refractivity contribution >= 4 is 39.9 Å². The Morgan fingerprint density at radius 3 is 2.61 bits per heavy atom. The van der Waals surface area contributed by atoms with Crippen LogP contribution in [-0.2, 0) is 11.4 Å². The molecule has 214 valence electrons. The Kier molecular flexibility index (Phi) is 8.95. The number of likely N-dealkylation sites (tertiary alicyclic amines) is 1. The highest BCUT2D eigenvalue weighted by molar-refractivity contribution is 6.32. The van der Waals surface area contributed by atoms with E-state index in [9.17, 15) is 4.79 Å². The predicted molar refractivity (Wildman–Crippen MR) is 156 cm³/mol. The normalized spacial score (nSPS) is 13.8. The lowest BCUT2D eigenvalue weighted by Crippen LogP contribution is -2.45. The molecule has 1 aliphatic heterocycles. The first-order valence-electron chi connectivity index (χ1n) is 13.3. The van der Waals surface area contributed by atoms with Crippen molar-refractivity contribution in [3.8, 4) is 17.2 Å². The molecule has 1 aliphatic rings. The molecule has 0 unspecified atom stereocenters. The van der Waals surface area contributed by atoms with Crippen LogP contribution in [0, 0.1) is 0 Å². The number of likely N-dealkylation sites (N-methyl/N-ethyl adjacent to an activating group) is 1. The zero-order valence-electron chi connectivity index (χ0n) is 23.2. The van der Waals surface area contributed by atoms with Crippen LogP contribution in [0.5, 0.6) is 17.2 Å². The minimum Gasteiger partial charge on any atom is -0.493 e. The van der Waals surface area contributed by atoms with Gasteiger partial charge in [0.25, 0.3) is 0 Å². The third-order valence-corrected chi connectivity index (χ3v) is 6.94. The molecule has 0 spiro atoms. The first-order chi connectivity index (χ1) is 19.9. The van der Waals surface area contributed by atoms with Crippen molar-refractivity contribution in [3.05, 3.63) is 66.0 Å². The molecule has 1 N–H and O–H groups in total. The van der Waals surface area contributed by atoms with Crippen LogP contribution in [-0.4, -0.2) is 82.6 Å². The maximum atomic E-state index is 12.4. The van der Waals surface area contributed by atoms with Crippen LogP contribution in [0.4, 0.5) is 11.5 Å². The second-order valence-corrected chi connectivity index (χ2v) is 10.3. The maximum absolute atomic E-state index is 12.4. The molecule has 1 fully saturated rings. The number of anilines is 2. The van der Waals surface area contributed by atoms with Crippen LogP contribution < -0.4 is 19.5 Å². The smallest absolute Gasteiger partial charge is 0.236 e. The molecule has 41 heavy (non-hydrogen) atoms. The number of ether oxygens (including phenoxy) is 3. The fourth-order valence-corrected chi connectivity index (χ4v) is 4.81. The molecule has 2 aromatic carbocycles. The maximum Gasteiger partial charge on any atom is 0.236 e. The van der Waals surface area contributed by atoms with Gasteiger partial charge in [0, 0.05) is 55.5 Å². The first-order valence-corrected chi connectivity index (χ1v) is 13.6. The number of carbonyl (C=O) groups excluding carboxylic acids is 1. The Morgan fingerprint density at radius 1 is 1.07 bits per heavy atom. The number of halogens is 1. The molecular weight excluding hydrogens is 546 g/mol. The van der Waals surface area contributed by atoms with Gasteiger partial charge in [0.1, 0.15) is 30.6 Å². The Labute approximate surface area is 243 Å². The van der Waals surface area contributed by atoms with Gasteiger partial charge in [-0.15, -0.1) is 0 Å². The summed E-state index contributed by atoms with van der Waals surface area (Å²) in [6.45, 7) is 1.97. The highest BCUT2D eigenvalue weighted by atomic mass is 35.5. The minimum absolute atomic E-state index is 0.0426. The number of nitrogens with one attached hydrogen (secondary N) is 1. The SMILES string of the molecule is COc1cc2ncnc(Nc3ccc(OCc4cnccn4)c(Cl)c3)c2cc1OC1CCN(C(=O)CN(C)C)CC1. The monoisotopic (exact) mass is 577 g/mol. The van der Waals surface area contributed by atoms with Gasteiger partial charge in [0.15, 0.2) is 11.5 Å². The molecular formula is C29H32ClN7O4. The number of benzene rings is 2. The zero-order valence-corrected chi connectivity index (χ0v) is 24.0. The Bertz CT molecular complexity index is 1500. The molecule has 0 radical (unpaired) electrons. The standard InChI is InChI=1S/C29H32ClN7O4/c1-36(2)16-28(38)37-10-6-21(7-11-37)41-27-13-22-24(14-26(27)39-3)33-18-34-29(22)35-19-4-5-25(23(30)12-19)40-17-20-15-31-8-9-32-20/h4-5,8-9,12-15,18,21H,6-7,10-11,16-17H2,1-3H3,(H,33,34,35). The van der Waals surface area contributed by atoms with E-state index in [-0.39, 0.29) is 18.6 Å². The summed E-state index contributed by atoms with van der Waals surface area (Å²) in [5, 5.41) is 4.54. The van der Waals surface area contributed by atoms with Crippen molar-refractivity contribution in [1.29, 1.82) is 0 Å². The van der Waals surface area contributed by atoms with Crippen LogP contribution in [0.3, 0.4) is 0 Å². The number of hydrogen-bond acceptors (Lipinski definition) is 10. The molecule has 0 aliphatic carbocycles. The largest absolute Gasteiger partial charge is 0.493 e. The van der Waals surface area contributed by atoms with Gasteiger partial charge in [-0.1, -0.05) is 11.6 Å². The predicted octanol–water partition coefficient (Wildman–Crippen LogP) is 4.34. The van der Waals surface area contributed by atoms with Gasteiger partial charge in [0.2, 0.25) is 5.91 Å². The van der Waals surface area contributed by atoms with Crippen LogP contribution in [0.1, 0.15) is 18.5 Å². The fraction of sp³-hybridized carbons (Fsp3) is 0.345. The quantitative estimate of drug-likeness (QED) is 0.292. The molecule has 0 atom stereocenters. The van der Waals surface area contributed by atoms with Crippen LogP contribution in [0.25, 0.3) is 10.9 Å². The number of carbonyl (C=O) groups is 1. The highest BCUT2D eigenvalue weighted by Crippen LogP contribution is 2.37. The van der Waals surface area contributed by atoms with E-state index in [1.54, 1.807) is 37.8 Å². The van der Waals surface area contributed by atoms with Gasteiger partial charge >= 0.3 is 0 Å². The van der Waals surface area contributed by atoms with Gasteiger partial charge in [-0.25, -0.2) is 9.97 Å². The summed E-state index contributed by atoms with van der Waals surface area (Å²) in [5.74, 6) is 2.44. The molecule has 12 heteroatoms. The summed E-state index contributed by atoms with van der Waals surface area (Å²) >= 11 is 6.51. The number of rotatable bonds is 10. The summed E-state index contributed by atoms with van der Waals surface area (Å²) in [7, 11) is 5.40. The number of nitrogens with zero attached hydrogens (tertiary/aromatic N) is 6. The van der Waals surface area contributed by atoms with Crippen LogP contribution >= 0.6 is 11.6 Å². The molecule has 4 aromatic rings. The van der Waals surface area contributed by atoms with Crippen molar-refractivity contribution in [2.45, 2.75) is 25.6 Å². The lowest BCUT2D eigenvalue weighted by atomic mass is 10.1. The average molecular weight is 578 g/mol. The lowest BCUT2D eigenvalue weighted by molar-refractivity contribution is -0.133. The van der Waals surface area contributed by atoms with E-state index in [4.69, 9.17) is 25.8 Å². The molecule has 2 aromatic heterocycles. The molecule has 3 heterocycles. The molecule has 5 rings (SSSR count). The fourth-order valence-electron chi connectivity index (χ4n) is 4.58. The van der Waals surface area contributed by atoms with Gasteiger partial charge in [-0.3, -0.25) is 14.8 Å². The van der Waals surface area contributed by atoms with E-state index in [1.807, 2.05) is 42.1 Å². The summed E-state index contributed by atoms with van der Waals surface area (Å²) < 4.78 is 17.8. The van der Waals surface area contributed by atoms with Crippen molar-refractivity contribution in [3.63, 3.8) is 0 Å². The Hall–Kier alpha value is -4.22. The van der Waals surface area contributed by atoms with E-state index in [1.165, 1.54) is 6.33 Å². The Morgan fingerprint density at radius 2 is 1.90 bits per heavy atom. The molecule has 11 nitrogen and oxygen atoms in total. The van der Waals surface area contributed by atoms with Gasteiger partial charge < -0.3 is 29.3 Å². The van der Waals surface area contributed by atoms with E-state index in [0.29, 0.717) is 58.9 Å². The second-order valence-electron chi connectivity index (χ2n) is 9.93. The number of aromatic nitrogens is 4. The molecule has 1 amide bonds. The summed E-state index contributed by atoms with van der Waals surface area (Å²) in [5.41, 5.74) is 2.13. The van der Waals surface area contributed by atoms with E-state index >= 15 is 0 Å². The number of hydrogen-bond donors (Lipinski definition) is 1. The third-order valence-electron chi connectivity index (χ3n) is 6.65. The average Bonchev–Trinajstić information content (AvgIpc) is 2.97. The summed E-state index contributed by atoms with van der Waals surface area (Å²) in [4.78, 5) is 33.3. The highest BCUT2D eigenvalue weighted by Gasteiger charge is 2.25. The second kappa shape index (κ2) is 13.0. The van der Waals surface area contributed by atoms with Gasteiger partial charge in [-0.2, -0.15) is 0 Å². The van der Waals surface area contributed by atoms with Crippen molar-refractivity contribution < 1.29 is 19.0 Å². The minimum atomic E-state index is -0.0426. The lowest BCUT2D eigenvalue weighted by Gasteiger charge is -2.33. The summed E-state index contributed by atoms with van der Waals surface area (Å²) in [6, 6.07) is 9.15. The number of amides is 1. The van der Waals surface area contributed by atoms with Crippen LogP contribution in [0.2, 0.25) is 5.02 Å². The first kappa shape index (κ1) is 28.3. The number of fused-ring (bicyclic) bond motifs is 1. The van der Waals surface area contributed by atoms with Crippen molar-refractivity contribution in [2.75, 3.05) is 46.2 Å². The van der Waals surface area contributed by atoms with E-state index in [0.717, 1.165) is 23.9 Å². The Balaban J connectivity index is 1.30. The molecule has 0 saturated carbocycles. The van der Waals surface area contributed by atoms with E-state index in [2.05, 4.69) is 25.3 Å². The van der Waals surface area contributed by atoms with Crippen LogP contribution in [0.15, 0.2) is 55.2 Å². The zero-order chi connectivity index (χ0) is 28.8. The topological polar surface area (TPSA) is 115 Å². The van der Waals surface area contributed by atoms with Crippen molar-refractivity contribution in [1.82, 2.24) is 29.7 Å². The van der Waals surface area contributed by atoms with Gasteiger partial charge in [-0.05, 0) is 38.4 Å².